The van der Waals surface area contributed by atoms with Crippen molar-refractivity contribution >= 4 is 23.1 Å². The molecule has 4 rings (SSSR count). The molecule has 0 saturated carbocycles. The van der Waals surface area contributed by atoms with Crippen LogP contribution in [0.3, 0.4) is 0 Å². The Balaban J connectivity index is 1.45. The van der Waals surface area contributed by atoms with Gasteiger partial charge in [-0.15, -0.1) is 11.3 Å². The summed E-state index contributed by atoms with van der Waals surface area (Å²) in [5, 5.41) is 4.04. The van der Waals surface area contributed by atoms with Crippen molar-refractivity contribution in [3.8, 4) is 10.6 Å². The quantitative estimate of drug-likeness (QED) is 0.714. The van der Waals surface area contributed by atoms with Crippen LogP contribution in [0.15, 0.2) is 54.6 Å². The summed E-state index contributed by atoms with van der Waals surface area (Å²) in [6, 6.07) is 18.2. The Morgan fingerprint density at radius 3 is 2.65 bits per heavy atom. The second-order valence-electron chi connectivity index (χ2n) is 6.41. The predicted molar refractivity (Wildman–Crippen MR) is 107 cm³/mol. The molecular weight excluding hydrogens is 342 g/mol. The topological polar surface area (TPSA) is 45.2 Å². The molecule has 3 aromatic rings. The van der Waals surface area contributed by atoms with Crippen molar-refractivity contribution in [3.05, 3.63) is 70.7 Å². The number of carbonyl (C=O) groups is 1. The first-order valence-electron chi connectivity index (χ1n) is 8.92. The number of anilines is 1. The molecule has 1 N–H and O–H groups in total. The number of amides is 2. The SMILES string of the molecule is CCc1ccc(NC(=O)N2CCc3nc(-c4ccccc4)sc3C2)cc1. The molecule has 1 aliphatic rings. The molecule has 4 nitrogen and oxygen atoms in total. The summed E-state index contributed by atoms with van der Waals surface area (Å²) in [7, 11) is 0. The van der Waals surface area contributed by atoms with E-state index >= 15 is 0 Å². The minimum Gasteiger partial charge on any atom is -0.319 e. The maximum atomic E-state index is 12.6. The molecule has 0 bridgehead atoms. The summed E-state index contributed by atoms with van der Waals surface area (Å²) in [5.41, 5.74) is 4.38. The van der Waals surface area contributed by atoms with E-state index in [1.54, 1.807) is 11.3 Å². The van der Waals surface area contributed by atoms with Crippen LogP contribution in [-0.2, 0) is 19.4 Å². The molecule has 0 fully saturated rings. The number of carbonyl (C=O) groups excluding carboxylic acids is 1. The molecule has 1 aromatic heterocycles. The number of benzene rings is 2. The van der Waals surface area contributed by atoms with E-state index in [-0.39, 0.29) is 6.03 Å². The standard InChI is InChI=1S/C21H21N3OS/c1-2-15-8-10-17(11-9-15)22-21(25)24-13-12-18-19(14-24)26-20(23-18)16-6-4-3-5-7-16/h3-11H,2,12-14H2,1H3,(H,22,25). The minimum atomic E-state index is -0.0467. The van der Waals surface area contributed by atoms with Gasteiger partial charge in [-0.1, -0.05) is 49.4 Å². The average Bonchev–Trinajstić information content (AvgIpc) is 3.12. The van der Waals surface area contributed by atoms with Crippen LogP contribution in [0.25, 0.3) is 10.6 Å². The second kappa shape index (κ2) is 7.30. The highest BCUT2D eigenvalue weighted by molar-refractivity contribution is 7.15. The summed E-state index contributed by atoms with van der Waals surface area (Å²) in [6.45, 7) is 3.44. The highest BCUT2D eigenvalue weighted by atomic mass is 32.1. The van der Waals surface area contributed by atoms with Gasteiger partial charge in [0.1, 0.15) is 5.01 Å². The van der Waals surface area contributed by atoms with Crippen LogP contribution in [0, 0.1) is 0 Å². The van der Waals surface area contributed by atoms with Gasteiger partial charge >= 0.3 is 6.03 Å². The van der Waals surface area contributed by atoms with Gasteiger partial charge < -0.3 is 10.2 Å². The van der Waals surface area contributed by atoms with E-state index < -0.39 is 0 Å². The van der Waals surface area contributed by atoms with Gasteiger partial charge in [0.05, 0.1) is 12.2 Å². The summed E-state index contributed by atoms with van der Waals surface area (Å²) >= 11 is 1.69. The lowest BCUT2D eigenvalue weighted by Gasteiger charge is -2.26. The highest BCUT2D eigenvalue weighted by Crippen LogP contribution is 2.31. The van der Waals surface area contributed by atoms with Crippen molar-refractivity contribution in [1.29, 1.82) is 0 Å². The number of aryl methyl sites for hydroxylation is 1. The fourth-order valence-electron chi connectivity index (χ4n) is 3.10. The predicted octanol–water partition coefficient (Wildman–Crippen LogP) is 4.96. The lowest BCUT2D eigenvalue weighted by Crippen LogP contribution is -2.38. The monoisotopic (exact) mass is 363 g/mol. The first kappa shape index (κ1) is 16.8. The molecule has 2 amide bonds. The third kappa shape index (κ3) is 3.48. The first-order chi connectivity index (χ1) is 12.7. The molecule has 5 heteroatoms. The van der Waals surface area contributed by atoms with Crippen LogP contribution in [0.2, 0.25) is 0 Å². The molecule has 2 aromatic carbocycles. The van der Waals surface area contributed by atoms with E-state index in [1.807, 2.05) is 35.2 Å². The van der Waals surface area contributed by atoms with E-state index in [4.69, 9.17) is 4.98 Å². The van der Waals surface area contributed by atoms with E-state index in [0.717, 1.165) is 34.8 Å². The maximum absolute atomic E-state index is 12.6. The molecule has 1 aliphatic heterocycles. The average molecular weight is 363 g/mol. The largest absolute Gasteiger partial charge is 0.322 e. The number of nitrogens with one attached hydrogen (secondary N) is 1. The third-order valence-corrected chi connectivity index (χ3v) is 5.78. The van der Waals surface area contributed by atoms with E-state index in [1.165, 1.54) is 10.4 Å². The summed E-state index contributed by atoms with van der Waals surface area (Å²) in [4.78, 5) is 20.4. The molecular formula is C21H21N3OS. The molecule has 132 valence electrons. The highest BCUT2D eigenvalue weighted by Gasteiger charge is 2.24. The molecule has 0 aliphatic carbocycles. The molecule has 0 unspecified atom stereocenters. The van der Waals surface area contributed by atoms with Crippen LogP contribution in [0.5, 0.6) is 0 Å². The Kier molecular flexibility index (Phi) is 4.71. The normalized spacial score (nSPS) is 13.3. The number of rotatable bonds is 3. The maximum Gasteiger partial charge on any atom is 0.322 e. The Labute approximate surface area is 157 Å². The van der Waals surface area contributed by atoms with Gasteiger partial charge in [0, 0.05) is 29.1 Å². The second-order valence-corrected chi connectivity index (χ2v) is 7.49. The Morgan fingerprint density at radius 2 is 1.92 bits per heavy atom. The molecule has 0 radical (unpaired) electrons. The summed E-state index contributed by atoms with van der Waals surface area (Å²) in [5.74, 6) is 0. The zero-order chi connectivity index (χ0) is 17.9. The summed E-state index contributed by atoms with van der Waals surface area (Å²) in [6.07, 6.45) is 1.80. The van der Waals surface area contributed by atoms with Gasteiger partial charge in [-0.2, -0.15) is 0 Å². The third-order valence-electron chi connectivity index (χ3n) is 4.65. The Bertz CT molecular complexity index is 903. The van der Waals surface area contributed by atoms with Crippen molar-refractivity contribution in [2.75, 3.05) is 11.9 Å². The molecule has 0 spiro atoms. The Morgan fingerprint density at radius 1 is 1.15 bits per heavy atom. The van der Waals surface area contributed by atoms with E-state index in [0.29, 0.717) is 13.1 Å². The van der Waals surface area contributed by atoms with Crippen LogP contribution in [-0.4, -0.2) is 22.5 Å². The van der Waals surface area contributed by atoms with Gasteiger partial charge in [0.2, 0.25) is 0 Å². The van der Waals surface area contributed by atoms with Gasteiger partial charge in [0.15, 0.2) is 0 Å². The van der Waals surface area contributed by atoms with E-state index in [2.05, 4.69) is 36.5 Å². The molecule has 26 heavy (non-hydrogen) atoms. The van der Waals surface area contributed by atoms with Crippen LogP contribution >= 0.6 is 11.3 Å². The van der Waals surface area contributed by atoms with Crippen LogP contribution in [0.1, 0.15) is 23.1 Å². The lowest BCUT2D eigenvalue weighted by atomic mass is 10.1. The van der Waals surface area contributed by atoms with Crippen molar-refractivity contribution in [2.45, 2.75) is 26.3 Å². The number of urea groups is 1. The van der Waals surface area contributed by atoms with Crippen LogP contribution < -0.4 is 5.32 Å². The van der Waals surface area contributed by atoms with Crippen molar-refractivity contribution in [1.82, 2.24) is 9.88 Å². The molecule has 2 heterocycles. The zero-order valence-electron chi connectivity index (χ0n) is 14.7. The van der Waals surface area contributed by atoms with Gasteiger partial charge in [-0.3, -0.25) is 0 Å². The fourth-order valence-corrected chi connectivity index (χ4v) is 4.23. The molecule has 0 saturated heterocycles. The summed E-state index contributed by atoms with van der Waals surface area (Å²) < 4.78 is 0. The number of aromatic nitrogens is 1. The number of thiazole rings is 1. The van der Waals surface area contributed by atoms with Gasteiger partial charge in [0.25, 0.3) is 0 Å². The lowest BCUT2D eigenvalue weighted by molar-refractivity contribution is 0.207. The van der Waals surface area contributed by atoms with Crippen molar-refractivity contribution in [2.24, 2.45) is 0 Å². The van der Waals surface area contributed by atoms with Crippen LogP contribution in [0.4, 0.5) is 10.5 Å². The fraction of sp³-hybridized carbons (Fsp3) is 0.238. The van der Waals surface area contributed by atoms with Gasteiger partial charge in [-0.25, -0.2) is 9.78 Å². The van der Waals surface area contributed by atoms with Crippen molar-refractivity contribution in [3.63, 3.8) is 0 Å². The van der Waals surface area contributed by atoms with Gasteiger partial charge in [-0.05, 0) is 24.1 Å². The number of hydrogen-bond acceptors (Lipinski definition) is 3. The Hall–Kier alpha value is -2.66. The zero-order valence-corrected chi connectivity index (χ0v) is 15.6. The molecule has 0 atom stereocenters. The number of nitrogens with zero attached hydrogens (tertiary/aromatic N) is 2. The number of hydrogen-bond donors (Lipinski definition) is 1. The minimum absolute atomic E-state index is 0.0467. The van der Waals surface area contributed by atoms with Crippen molar-refractivity contribution < 1.29 is 4.79 Å². The van der Waals surface area contributed by atoms with E-state index in [9.17, 15) is 4.79 Å². The number of fused-ring (bicyclic) bond motifs is 1. The first-order valence-corrected chi connectivity index (χ1v) is 9.73. The smallest absolute Gasteiger partial charge is 0.319 e.